The van der Waals surface area contributed by atoms with Crippen molar-refractivity contribution in [3.63, 3.8) is 0 Å². The van der Waals surface area contributed by atoms with Crippen molar-refractivity contribution in [2.45, 2.75) is 172 Å². The van der Waals surface area contributed by atoms with Crippen LogP contribution < -0.4 is 0 Å². The summed E-state index contributed by atoms with van der Waals surface area (Å²) in [4.78, 5) is 0. The molecule has 60 heavy (non-hydrogen) atoms. The Morgan fingerprint density at radius 3 is 0.900 bits per heavy atom. The Kier molecular flexibility index (Phi) is 23.7. The SMILES string of the molecule is CC.CC(C)(C)c1ccc(Cl)c(Cl)c1.CC(C)(C)c1ccccc1.Cc1cc(C(C)(C)C)ccc1Cl.Cc1ccc(C(C)(C)C)cc1C.Cc1ccc(C(C)(C)C)cc1Cl. The van der Waals surface area contributed by atoms with Crippen LogP contribution in [0.3, 0.4) is 0 Å². The first kappa shape index (κ1) is 57.3. The maximum Gasteiger partial charge on any atom is 0.0595 e. The zero-order valence-corrected chi connectivity index (χ0v) is 44.4. The van der Waals surface area contributed by atoms with Gasteiger partial charge >= 0.3 is 0 Å². The van der Waals surface area contributed by atoms with E-state index in [1.54, 1.807) is 0 Å². The minimum atomic E-state index is 0.133. The molecular weight excluding hydrogens is 814 g/mol. The van der Waals surface area contributed by atoms with Gasteiger partial charge in [-0.1, -0.05) is 243 Å². The molecule has 332 valence electrons. The summed E-state index contributed by atoms with van der Waals surface area (Å²) in [5.74, 6) is 0. The van der Waals surface area contributed by atoms with Crippen LogP contribution in [0.2, 0.25) is 20.1 Å². The molecule has 0 N–H and O–H groups in total. The highest BCUT2D eigenvalue weighted by molar-refractivity contribution is 6.42. The molecular formula is C56H80Cl4. The normalized spacial score (nSPS) is 11.4. The zero-order valence-electron chi connectivity index (χ0n) is 41.3. The molecule has 4 heteroatoms. The minimum absolute atomic E-state index is 0.133. The van der Waals surface area contributed by atoms with E-state index in [4.69, 9.17) is 46.4 Å². The van der Waals surface area contributed by atoms with Crippen LogP contribution in [0.4, 0.5) is 0 Å². The molecule has 0 aliphatic carbocycles. The van der Waals surface area contributed by atoms with Crippen LogP contribution >= 0.6 is 46.4 Å². The monoisotopic (exact) mass is 893 g/mol. The second kappa shape index (κ2) is 24.8. The van der Waals surface area contributed by atoms with Crippen LogP contribution in [-0.2, 0) is 27.1 Å². The lowest BCUT2D eigenvalue weighted by Crippen LogP contribution is -2.11. The van der Waals surface area contributed by atoms with Gasteiger partial charge in [-0.15, -0.1) is 0 Å². The standard InChI is InChI=1S/C12H18.2C11H15Cl.C10H12Cl2.C10H14.C2H6/c1-9-6-7-11(8-10(9)2)12(3,4)5;1-8-7-9(11(2,3)4)5-6-10(8)12;1-8-5-6-9(7-10(8)12)11(2,3)4;1-10(2,3)7-4-5-8(11)9(12)6-7;1-10(2,3)9-7-5-4-6-8-9;1-2/h6-8H,1-5H3;2*5-7H,1-4H3;4-6H,1-3H3;4-8H,1-3H3;1-2H3. The fourth-order valence-electron chi connectivity index (χ4n) is 5.28. The Labute approximate surface area is 389 Å². The van der Waals surface area contributed by atoms with Gasteiger partial charge in [0.05, 0.1) is 10.0 Å². The molecule has 5 aromatic carbocycles. The lowest BCUT2D eigenvalue weighted by Gasteiger charge is -2.19. The predicted molar refractivity (Wildman–Crippen MR) is 276 cm³/mol. The van der Waals surface area contributed by atoms with Crippen molar-refractivity contribution in [2.24, 2.45) is 0 Å². The lowest BCUT2D eigenvalue weighted by molar-refractivity contribution is 0.589. The van der Waals surface area contributed by atoms with Crippen LogP contribution in [0.25, 0.3) is 0 Å². The largest absolute Gasteiger partial charge is 0.0841 e. The van der Waals surface area contributed by atoms with Gasteiger partial charge in [-0.3, -0.25) is 0 Å². The first-order chi connectivity index (χ1) is 27.2. The van der Waals surface area contributed by atoms with Crippen molar-refractivity contribution >= 4 is 46.4 Å². The number of halogens is 4. The summed E-state index contributed by atoms with van der Waals surface area (Å²) >= 11 is 23.6. The van der Waals surface area contributed by atoms with E-state index < -0.39 is 0 Å². The summed E-state index contributed by atoms with van der Waals surface area (Å²) in [7, 11) is 0. The topological polar surface area (TPSA) is 0 Å². The van der Waals surface area contributed by atoms with Crippen molar-refractivity contribution in [2.75, 3.05) is 0 Å². The Hall–Kier alpha value is -2.74. The first-order valence-corrected chi connectivity index (χ1v) is 22.9. The number of rotatable bonds is 0. The third-order valence-corrected chi connectivity index (χ3v) is 11.4. The Bertz CT molecular complexity index is 1760. The van der Waals surface area contributed by atoms with Crippen molar-refractivity contribution in [1.82, 2.24) is 0 Å². The van der Waals surface area contributed by atoms with Crippen molar-refractivity contribution in [1.29, 1.82) is 0 Å². The number of hydrogen-bond acceptors (Lipinski definition) is 0. The highest BCUT2D eigenvalue weighted by Crippen LogP contribution is 2.30. The van der Waals surface area contributed by atoms with Gasteiger partial charge < -0.3 is 0 Å². The molecule has 5 aromatic rings. The Morgan fingerprint density at radius 1 is 0.267 bits per heavy atom. The molecule has 0 nitrogen and oxygen atoms in total. The van der Waals surface area contributed by atoms with E-state index in [0.717, 1.165) is 21.2 Å². The van der Waals surface area contributed by atoms with E-state index in [9.17, 15) is 0 Å². The molecule has 5 rings (SSSR count). The van der Waals surface area contributed by atoms with Gasteiger partial charge in [-0.05, 0) is 129 Å². The van der Waals surface area contributed by atoms with Gasteiger partial charge in [-0.25, -0.2) is 0 Å². The summed E-state index contributed by atoms with van der Waals surface area (Å²) in [5, 5.41) is 2.96. The van der Waals surface area contributed by atoms with E-state index in [2.05, 4.69) is 197 Å². The molecule has 0 heterocycles. The van der Waals surface area contributed by atoms with Gasteiger partial charge in [0.25, 0.3) is 0 Å². The molecule has 0 bridgehead atoms. The summed E-state index contributed by atoms with van der Waals surface area (Å²) in [6.45, 7) is 45.4. The van der Waals surface area contributed by atoms with Gasteiger partial charge in [-0.2, -0.15) is 0 Å². The minimum Gasteiger partial charge on any atom is -0.0841 e. The molecule has 0 aromatic heterocycles. The highest BCUT2D eigenvalue weighted by atomic mass is 35.5. The van der Waals surface area contributed by atoms with E-state index in [1.807, 2.05) is 52.0 Å². The molecule has 0 saturated heterocycles. The van der Waals surface area contributed by atoms with E-state index in [1.165, 1.54) is 38.9 Å². The van der Waals surface area contributed by atoms with E-state index >= 15 is 0 Å². The van der Waals surface area contributed by atoms with Crippen LogP contribution in [0, 0.1) is 27.7 Å². The second-order valence-corrected chi connectivity index (χ2v) is 22.1. The second-order valence-electron chi connectivity index (χ2n) is 20.5. The van der Waals surface area contributed by atoms with Crippen LogP contribution in [0.15, 0.2) is 103 Å². The molecule has 0 radical (unpaired) electrons. The van der Waals surface area contributed by atoms with Crippen molar-refractivity contribution < 1.29 is 0 Å². The van der Waals surface area contributed by atoms with Gasteiger partial charge in [0.1, 0.15) is 0 Å². The summed E-state index contributed by atoms with van der Waals surface area (Å²) in [6, 6.07) is 35.5. The fraction of sp³-hybridized carbons (Fsp3) is 0.464. The van der Waals surface area contributed by atoms with Crippen molar-refractivity contribution in [3.05, 3.63) is 173 Å². The van der Waals surface area contributed by atoms with E-state index in [0.29, 0.717) is 15.5 Å². The zero-order chi connectivity index (χ0) is 47.0. The fourth-order valence-corrected chi connectivity index (χ4v) is 5.88. The third kappa shape index (κ3) is 21.4. The van der Waals surface area contributed by atoms with Gasteiger partial charge in [0.2, 0.25) is 0 Å². The van der Waals surface area contributed by atoms with Crippen molar-refractivity contribution in [3.8, 4) is 0 Å². The van der Waals surface area contributed by atoms with Crippen LogP contribution in [0.1, 0.15) is 168 Å². The molecule has 0 spiro atoms. The number of aryl methyl sites for hydroxylation is 4. The maximum absolute atomic E-state index is 6.02. The average Bonchev–Trinajstić information content (AvgIpc) is 3.13. The third-order valence-electron chi connectivity index (χ3n) is 9.86. The first-order valence-electron chi connectivity index (χ1n) is 21.4. The number of hydrogen-bond donors (Lipinski definition) is 0. The quantitative estimate of drug-likeness (QED) is 0.145. The van der Waals surface area contributed by atoms with Crippen LogP contribution in [0.5, 0.6) is 0 Å². The molecule has 0 amide bonds. The number of benzene rings is 5. The smallest absolute Gasteiger partial charge is 0.0595 e. The summed E-state index contributed by atoms with van der Waals surface area (Å²) < 4.78 is 0. The predicted octanol–water partition coefficient (Wildman–Crippen LogP) is 19.8. The molecule has 0 aliphatic heterocycles. The molecule has 0 atom stereocenters. The van der Waals surface area contributed by atoms with Gasteiger partial charge in [0, 0.05) is 10.0 Å². The summed E-state index contributed by atoms with van der Waals surface area (Å²) in [6.07, 6.45) is 0. The molecule has 0 fully saturated rings. The lowest BCUT2D eigenvalue weighted by atomic mass is 9.85. The summed E-state index contributed by atoms with van der Waals surface area (Å²) in [5.41, 5.74) is 12.8. The Morgan fingerprint density at radius 2 is 0.583 bits per heavy atom. The Balaban J connectivity index is 0.000000718. The van der Waals surface area contributed by atoms with E-state index in [-0.39, 0.29) is 21.7 Å². The maximum atomic E-state index is 6.02. The molecule has 0 aliphatic rings. The highest BCUT2D eigenvalue weighted by Gasteiger charge is 2.17. The molecule has 0 saturated carbocycles. The average molecular weight is 895 g/mol. The molecule has 0 unspecified atom stereocenters. The van der Waals surface area contributed by atoms with Crippen LogP contribution in [-0.4, -0.2) is 0 Å². The van der Waals surface area contributed by atoms with Gasteiger partial charge in [0.15, 0.2) is 0 Å².